The quantitative estimate of drug-likeness (QED) is 0.743. The molecule has 1 aromatic carbocycles. The Kier molecular flexibility index (Phi) is 5.23. The molecular formula is C14H21NO2S. The maximum Gasteiger partial charge on any atom is 0.182 e. The van der Waals surface area contributed by atoms with E-state index in [9.17, 15) is 9.00 Å². The highest BCUT2D eigenvalue weighted by Gasteiger charge is 2.37. The smallest absolute Gasteiger partial charge is 0.182 e. The highest BCUT2D eigenvalue weighted by Crippen LogP contribution is 2.22. The molecule has 0 spiro atoms. The standard InChI is InChI=1S/C14H21NO2S/c1-5-15(6-2)18(17)14(3,4)13(16)12-10-8-7-9-11-12/h7-11H,5-6H2,1-4H3. The highest BCUT2D eigenvalue weighted by atomic mass is 32.2. The van der Waals surface area contributed by atoms with Crippen LogP contribution in [-0.2, 0) is 11.0 Å². The third-order valence-electron chi connectivity index (χ3n) is 2.96. The molecule has 0 saturated heterocycles. The maximum absolute atomic E-state index is 12.5. The molecule has 0 aliphatic carbocycles. The van der Waals surface area contributed by atoms with Crippen molar-refractivity contribution in [2.24, 2.45) is 0 Å². The van der Waals surface area contributed by atoms with Crippen molar-refractivity contribution in [3.8, 4) is 0 Å². The van der Waals surface area contributed by atoms with Crippen LogP contribution in [0.15, 0.2) is 30.3 Å². The van der Waals surface area contributed by atoms with E-state index in [0.29, 0.717) is 18.7 Å². The summed E-state index contributed by atoms with van der Waals surface area (Å²) in [6.07, 6.45) is 0. The number of Topliss-reactive ketones (excluding diaryl/α,β-unsaturated/α-hetero) is 1. The van der Waals surface area contributed by atoms with Crippen molar-refractivity contribution in [3.63, 3.8) is 0 Å². The van der Waals surface area contributed by atoms with Crippen LogP contribution in [0.25, 0.3) is 0 Å². The summed E-state index contributed by atoms with van der Waals surface area (Å²) in [5, 5.41) is 0. The van der Waals surface area contributed by atoms with Gasteiger partial charge in [0, 0.05) is 18.7 Å². The Labute approximate surface area is 112 Å². The lowest BCUT2D eigenvalue weighted by atomic mass is 10.0. The predicted octanol–water partition coefficient (Wildman–Crippen LogP) is 2.65. The summed E-state index contributed by atoms with van der Waals surface area (Å²) in [5.41, 5.74) is 0.614. The largest absolute Gasteiger partial charge is 0.292 e. The average molecular weight is 267 g/mol. The predicted molar refractivity (Wildman–Crippen MR) is 75.9 cm³/mol. The molecule has 0 bridgehead atoms. The molecule has 0 aliphatic heterocycles. The van der Waals surface area contributed by atoms with Crippen LogP contribution in [0.3, 0.4) is 0 Å². The molecule has 3 nitrogen and oxygen atoms in total. The van der Waals surface area contributed by atoms with E-state index in [-0.39, 0.29) is 5.78 Å². The van der Waals surface area contributed by atoms with E-state index in [1.807, 2.05) is 32.0 Å². The van der Waals surface area contributed by atoms with Crippen LogP contribution in [0, 0.1) is 0 Å². The van der Waals surface area contributed by atoms with E-state index in [1.54, 1.807) is 30.3 Å². The van der Waals surface area contributed by atoms with Crippen LogP contribution in [0.5, 0.6) is 0 Å². The summed E-state index contributed by atoms with van der Waals surface area (Å²) >= 11 is 0. The summed E-state index contributed by atoms with van der Waals surface area (Å²) in [4.78, 5) is 12.4. The van der Waals surface area contributed by atoms with E-state index in [4.69, 9.17) is 0 Å². The lowest BCUT2D eigenvalue weighted by Gasteiger charge is -2.29. The molecule has 0 radical (unpaired) electrons. The van der Waals surface area contributed by atoms with E-state index in [0.717, 1.165) is 0 Å². The van der Waals surface area contributed by atoms with Gasteiger partial charge in [-0.25, -0.2) is 8.51 Å². The fourth-order valence-electron chi connectivity index (χ4n) is 1.80. The van der Waals surface area contributed by atoms with Gasteiger partial charge in [0.1, 0.15) is 15.7 Å². The zero-order valence-corrected chi connectivity index (χ0v) is 12.3. The Morgan fingerprint density at radius 2 is 1.67 bits per heavy atom. The van der Waals surface area contributed by atoms with Gasteiger partial charge in [-0.05, 0) is 13.8 Å². The van der Waals surface area contributed by atoms with Crippen molar-refractivity contribution in [3.05, 3.63) is 35.9 Å². The summed E-state index contributed by atoms with van der Waals surface area (Å²) < 4.78 is 13.4. The van der Waals surface area contributed by atoms with E-state index in [2.05, 4.69) is 0 Å². The molecule has 0 amide bonds. The monoisotopic (exact) mass is 267 g/mol. The van der Waals surface area contributed by atoms with Crippen molar-refractivity contribution >= 4 is 16.8 Å². The number of carbonyl (C=O) groups excluding carboxylic acids is 1. The minimum atomic E-state index is -1.31. The first kappa shape index (κ1) is 15.1. The highest BCUT2D eigenvalue weighted by molar-refractivity contribution is 7.85. The van der Waals surface area contributed by atoms with Crippen molar-refractivity contribution in [2.45, 2.75) is 32.4 Å². The Morgan fingerprint density at radius 3 is 2.11 bits per heavy atom. The van der Waals surface area contributed by atoms with Crippen molar-refractivity contribution in [1.82, 2.24) is 4.31 Å². The normalized spacial score (nSPS) is 13.6. The number of nitrogens with zero attached hydrogens (tertiary/aromatic N) is 1. The van der Waals surface area contributed by atoms with Gasteiger partial charge in [0.25, 0.3) is 0 Å². The molecule has 1 atom stereocenters. The Balaban J connectivity index is 2.99. The van der Waals surface area contributed by atoms with Gasteiger partial charge in [-0.1, -0.05) is 44.2 Å². The second-order valence-corrected chi connectivity index (χ2v) is 6.60. The van der Waals surface area contributed by atoms with Gasteiger partial charge in [0.05, 0.1) is 0 Å². The lowest BCUT2D eigenvalue weighted by Crippen LogP contribution is -2.45. The number of hydrogen-bond donors (Lipinski definition) is 0. The number of rotatable bonds is 6. The molecule has 4 heteroatoms. The van der Waals surface area contributed by atoms with E-state index >= 15 is 0 Å². The third kappa shape index (κ3) is 3.06. The van der Waals surface area contributed by atoms with Crippen LogP contribution in [0.1, 0.15) is 38.1 Å². The fraction of sp³-hybridized carbons (Fsp3) is 0.500. The van der Waals surface area contributed by atoms with Gasteiger partial charge in [-0.15, -0.1) is 0 Å². The molecule has 1 unspecified atom stereocenters. The number of hydrogen-bond acceptors (Lipinski definition) is 2. The average Bonchev–Trinajstić information content (AvgIpc) is 2.40. The summed E-state index contributed by atoms with van der Waals surface area (Å²) in [6, 6.07) is 9.05. The summed E-state index contributed by atoms with van der Waals surface area (Å²) in [5.74, 6) is -0.0756. The van der Waals surface area contributed by atoms with Gasteiger partial charge >= 0.3 is 0 Å². The van der Waals surface area contributed by atoms with E-state index < -0.39 is 15.7 Å². The van der Waals surface area contributed by atoms with Gasteiger partial charge in [-0.2, -0.15) is 0 Å². The molecule has 0 fully saturated rings. The first-order valence-electron chi connectivity index (χ1n) is 6.21. The SMILES string of the molecule is CCN(CC)S(=O)C(C)(C)C(=O)c1ccccc1. The first-order valence-corrected chi connectivity index (χ1v) is 7.32. The second-order valence-electron chi connectivity index (χ2n) is 4.57. The zero-order chi connectivity index (χ0) is 13.8. The topological polar surface area (TPSA) is 37.4 Å². The summed E-state index contributed by atoms with van der Waals surface area (Å²) in [7, 11) is -1.31. The zero-order valence-electron chi connectivity index (χ0n) is 11.5. The molecule has 0 aromatic heterocycles. The number of benzene rings is 1. The minimum absolute atomic E-state index is 0.0756. The van der Waals surface area contributed by atoms with Gasteiger partial charge < -0.3 is 0 Å². The third-order valence-corrected chi connectivity index (χ3v) is 5.00. The van der Waals surface area contributed by atoms with Gasteiger partial charge in [0.15, 0.2) is 5.78 Å². The molecule has 1 aromatic rings. The van der Waals surface area contributed by atoms with Crippen LogP contribution >= 0.6 is 0 Å². The number of carbonyl (C=O) groups is 1. The lowest BCUT2D eigenvalue weighted by molar-refractivity contribution is 0.0953. The Morgan fingerprint density at radius 1 is 1.17 bits per heavy atom. The molecule has 0 saturated carbocycles. The maximum atomic E-state index is 12.5. The molecular weight excluding hydrogens is 246 g/mol. The van der Waals surface area contributed by atoms with Gasteiger partial charge in [0.2, 0.25) is 0 Å². The molecule has 100 valence electrons. The summed E-state index contributed by atoms with van der Waals surface area (Å²) in [6.45, 7) is 8.74. The fourth-order valence-corrected chi connectivity index (χ4v) is 3.19. The Hall–Kier alpha value is -1.00. The molecule has 0 aliphatic rings. The van der Waals surface area contributed by atoms with Crippen molar-refractivity contribution in [2.75, 3.05) is 13.1 Å². The van der Waals surface area contributed by atoms with Crippen molar-refractivity contribution in [1.29, 1.82) is 0 Å². The van der Waals surface area contributed by atoms with Crippen LogP contribution in [-0.4, -0.2) is 32.1 Å². The minimum Gasteiger partial charge on any atom is -0.292 e. The van der Waals surface area contributed by atoms with Crippen molar-refractivity contribution < 1.29 is 9.00 Å². The number of ketones is 1. The van der Waals surface area contributed by atoms with Crippen LogP contribution in [0.4, 0.5) is 0 Å². The molecule has 0 heterocycles. The molecule has 0 N–H and O–H groups in total. The van der Waals surface area contributed by atoms with Crippen LogP contribution in [0.2, 0.25) is 0 Å². The molecule has 18 heavy (non-hydrogen) atoms. The van der Waals surface area contributed by atoms with Crippen LogP contribution < -0.4 is 0 Å². The second kappa shape index (κ2) is 6.25. The Bertz CT molecular complexity index is 425. The van der Waals surface area contributed by atoms with E-state index in [1.165, 1.54) is 0 Å². The first-order chi connectivity index (χ1) is 8.45. The van der Waals surface area contributed by atoms with Gasteiger partial charge in [-0.3, -0.25) is 4.79 Å². The molecule has 1 rings (SSSR count).